The molecule has 1 N–H and O–H groups in total. The molecule has 1 saturated heterocycles. The lowest BCUT2D eigenvalue weighted by molar-refractivity contribution is 0.00409. The summed E-state index contributed by atoms with van der Waals surface area (Å²) in [4.78, 5) is 0. The topological polar surface area (TPSA) is 29.5 Å². The van der Waals surface area contributed by atoms with E-state index in [0.717, 1.165) is 35.7 Å². The number of hydrogen-bond donors (Lipinski definition) is 1. The van der Waals surface area contributed by atoms with Gasteiger partial charge in [-0.05, 0) is 18.2 Å². The number of ether oxygens (including phenoxy) is 1. The highest BCUT2D eigenvalue weighted by molar-refractivity contribution is 7.99. The Morgan fingerprint density at radius 3 is 3.07 bits per heavy atom. The van der Waals surface area contributed by atoms with Crippen molar-refractivity contribution in [3.05, 3.63) is 29.8 Å². The lowest BCUT2D eigenvalue weighted by Gasteiger charge is -2.37. The summed E-state index contributed by atoms with van der Waals surface area (Å²) in [6, 6.07) is 7.83. The minimum Gasteiger partial charge on any atom is -0.486 e. The fourth-order valence-electron chi connectivity index (χ4n) is 2.42. The molecule has 1 aromatic rings. The summed E-state index contributed by atoms with van der Waals surface area (Å²) in [5.41, 5.74) is 0.846. The van der Waals surface area contributed by atoms with E-state index in [2.05, 4.69) is 0 Å². The quantitative estimate of drug-likeness (QED) is 0.731. The average molecular weight is 222 g/mol. The standard InChI is InChI=1S/C12H14O2S/c13-10-7-12(5-6-15-8-12)14-11-4-2-1-3-9(10)11/h1-4,10,13H,5-8H2/t10-,12?/m0/s1. The summed E-state index contributed by atoms with van der Waals surface area (Å²) in [7, 11) is 0. The van der Waals surface area contributed by atoms with E-state index in [0.29, 0.717) is 0 Å². The minimum absolute atomic E-state index is 0.0988. The van der Waals surface area contributed by atoms with E-state index in [1.165, 1.54) is 0 Å². The van der Waals surface area contributed by atoms with Crippen LogP contribution in [0.1, 0.15) is 24.5 Å². The Balaban J connectivity index is 1.98. The van der Waals surface area contributed by atoms with Crippen LogP contribution in [0.4, 0.5) is 0 Å². The predicted molar refractivity (Wildman–Crippen MR) is 61.3 cm³/mol. The van der Waals surface area contributed by atoms with Crippen LogP contribution in [0.15, 0.2) is 24.3 Å². The number of rotatable bonds is 0. The summed E-state index contributed by atoms with van der Waals surface area (Å²) in [5.74, 6) is 3.03. The van der Waals surface area contributed by atoms with Crippen LogP contribution in [0.5, 0.6) is 5.75 Å². The van der Waals surface area contributed by atoms with E-state index in [1.54, 1.807) is 0 Å². The molecule has 0 bridgehead atoms. The Kier molecular flexibility index (Phi) is 2.18. The highest BCUT2D eigenvalue weighted by atomic mass is 32.2. The smallest absolute Gasteiger partial charge is 0.125 e. The van der Waals surface area contributed by atoms with Crippen molar-refractivity contribution < 1.29 is 9.84 Å². The Morgan fingerprint density at radius 1 is 1.40 bits per heavy atom. The summed E-state index contributed by atoms with van der Waals surface area (Å²) in [6.07, 6.45) is 1.45. The van der Waals surface area contributed by atoms with Crippen molar-refractivity contribution >= 4 is 11.8 Å². The first-order chi connectivity index (χ1) is 7.29. The third-order valence-electron chi connectivity index (χ3n) is 3.24. The molecule has 1 aromatic carbocycles. The second kappa shape index (κ2) is 3.42. The first-order valence-electron chi connectivity index (χ1n) is 5.33. The normalized spacial score (nSPS) is 33.8. The first kappa shape index (κ1) is 9.55. The van der Waals surface area contributed by atoms with Gasteiger partial charge in [0.2, 0.25) is 0 Å². The van der Waals surface area contributed by atoms with Gasteiger partial charge in [0.1, 0.15) is 11.4 Å². The Hall–Kier alpha value is -0.670. The van der Waals surface area contributed by atoms with Crippen molar-refractivity contribution in [1.82, 2.24) is 0 Å². The molecular weight excluding hydrogens is 208 g/mol. The number of hydrogen-bond acceptors (Lipinski definition) is 3. The zero-order chi connectivity index (χ0) is 10.3. The second-order valence-corrected chi connectivity index (χ2v) is 5.45. The fraction of sp³-hybridized carbons (Fsp3) is 0.500. The molecule has 0 amide bonds. The van der Waals surface area contributed by atoms with Gasteiger partial charge in [0.25, 0.3) is 0 Å². The maximum atomic E-state index is 10.1. The predicted octanol–water partition coefficient (Wildman–Crippen LogP) is 2.38. The Morgan fingerprint density at radius 2 is 2.27 bits per heavy atom. The van der Waals surface area contributed by atoms with Crippen LogP contribution in [0.25, 0.3) is 0 Å². The van der Waals surface area contributed by atoms with Crippen molar-refractivity contribution in [1.29, 1.82) is 0 Å². The molecule has 2 aliphatic heterocycles. The molecule has 80 valence electrons. The maximum absolute atomic E-state index is 10.1. The van der Waals surface area contributed by atoms with E-state index < -0.39 is 0 Å². The summed E-state index contributed by atoms with van der Waals surface area (Å²) in [6.45, 7) is 0. The van der Waals surface area contributed by atoms with Gasteiger partial charge < -0.3 is 9.84 Å². The molecule has 3 rings (SSSR count). The number of aliphatic hydroxyl groups excluding tert-OH is 1. The molecule has 15 heavy (non-hydrogen) atoms. The molecule has 0 aliphatic carbocycles. The van der Waals surface area contributed by atoms with Crippen molar-refractivity contribution in [3.8, 4) is 5.75 Å². The highest BCUT2D eigenvalue weighted by Crippen LogP contribution is 2.45. The van der Waals surface area contributed by atoms with E-state index in [1.807, 2.05) is 36.0 Å². The van der Waals surface area contributed by atoms with Crippen molar-refractivity contribution in [3.63, 3.8) is 0 Å². The maximum Gasteiger partial charge on any atom is 0.125 e. The third kappa shape index (κ3) is 1.54. The van der Waals surface area contributed by atoms with Crippen LogP contribution < -0.4 is 4.74 Å². The molecule has 2 atom stereocenters. The van der Waals surface area contributed by atoms with Gasteiger partial charge in [0, 0.05) is 17.7 Å². The van der Waals surface area contributed by atoms with E-state index in [9.17, 15) is 5.11 Å². The second-order valence-electron chi connectivity index (χ2n) is 4.35. The van der Waals surface area contributed by atoms with Crippen LogP contribution in [0.2, 0.25) is 0 Å². The number of aliphatic hydroxyl groups is 1. The van der Waals surface area contributed by atoms with Gasteiger partial charge in [-0.25, -0.2) is 0 Å². The fourth-order valence-corrected chi connectivity index (χ4v) is 3.77. The molecule has 0 aromatic heterocycles. The van der Waals surface area contributed by atoms with Crippen LogP contribution in [0, 0.1) is 0 Å². The van der Waals surface area contributed by atoms with E-state index in [4.69, 9.17) is 4.74 Å². The van der Waals surface area contributed by atoms with Crippen molar-refractivity contribution in [2.24, 2.45) is 0 Å². The van der Waals surface area contributed by atoms with Crippen molar-refractivity contribution in [2.45, 2.75) is 24.5 Å². The molecule has 2 aliphatic rings. The van der Waals surface area contributed by atoms with E-state index in [-0.39, 0.29) is 11.7 Å². The Bertz CT molecular complexity index is 372. The molecule has 1 spiro atoms. The number of thioether (sulfide) groups is 1. The molecule has 0 saturated carbocycles. The van der Waals surface area contributed by atoms with Crippen LogP contribution >= 0.6 is 11.8 Å². The van der Waals surface area contributed by atoms with Gasteiger partial charge in [-0.2, -0.15) is 11.8 Å². The summed E-state index contributed by atoms with van der Waals surface area (Å²) >= 11 is 1.92. The highest BCUT2D eigenvalue weighted by Gasteiger charge is 2.42. The van der Waals surface area contributed by atoms with Gasteiger partial charge in [-0.15, -0.1) is 0 Å². The SMILES string of the molecule is O[C@H]1CC2(CCSC2)Oc2ccccc21. The summed E-state index contributed by atoms with van der Waals surface area (Å²) in [5, 5.41) is 10.1. The molecular formula is C12H14O2S. The average Bonchev–Trinajstić information content (AvgIpc) is 2.66. The van der Waals surface area contributed by atoms with E-state index >= 15 is 0 Å². The largest absolute Gasteiger partial charge is 0.486 e. The Labute approximate surface area is 93.6 Å². The van der Waals surface area contributed by atoms with Gasteiger partial charge in [0.05, 0.1) is 6.10 Å². The molecule has 3 heteroatoms. The van der Waals surface area contributed by atoms with Gasteiger partial charge in [-0.3, -0.25) is 0 Å². The monoisotopic (exact) mass is 222 g/mol. The molecule has 1 unspecified atom stereocenters. The lowest BCUT2D eigenvalue weighted by Crippen LogP contribution is -2.41. The van der Waals surface area contributed by atoms with Gasteiger partial charge in [-0.1, -0.05) is 18.2 Å². The van der Waals surface area contributed by atoms with Crippen LogP contribution in [-0.2, 0) is 0 Å². The minimum atomic E-state index is -0.353. The molecule has 0 radical (unpaired) electrons. The molecule has 2 heterocycles. The van der Waals surface area contributed by atoms with Crippen LogP contribution in [0.3, 0.4) is 0 Å². The lowest BCUT2D eigenvalue weighted by atomic mass is 9.88. The first-order valence-corrected chi connectivity index (χ1v) is 6.48. The van der Waals surface area contributed by atoms with Crippen LogP contribution in [-0.4, -0.2) is 22.2 Å². The summed E-state index contributed by atoms with van der Waals surface area (Å²) < 4.78 is 6.07. The third-order valence-corrected chi connectivity index (χ3v) is 4.46. The number of benzene rings is 1. The number of fused-ring (bicyclic) bond motifs is 1. The van der Waals surface area contributed by atoms with Crippen molar-refractivity contribution in [2.75, 3.05) is 11.5 Å². The van der Waals surface area contributed by atoms with Gasteiger partial charge in [0.15, 0.2) is 0 Å². The van der Waals surface area contributed by atoms with Gasteiger partial charge >= 0.3 is 0 Å². The number of para-hydroxylation sites is 1. The molecule has 1 fully saturated rings. The molecule has 2 nitrogen and oxygen atoms in total. The zero-order valence-electron chi connectivity index (χ0n) is 8.48. The zero-order valence-corrected chi connectivity index (χ0v) is 9.30.